The highest BCUT2D eigenvalue weighted by Crippen LogP contribution is 2.21. The summed E-state index contributed by atoms with van der Waals surface area (Å²) in [6.45, 7) is 2.42. The van der Waals surface area contributed by atoms with Gasteiger partial charge in [-0.05, 0) is 30.2 Å². The number of methoxy groups -OCH3 is 1. The Kier molecular flexibility index (Phi) is 5.28. The molecule has 112 valence electrons. The standard InChI is InChI=1S/C17H19F2NO/c1-3-17(12-5-8-15(21-2)9-6-12)20-11-13-4-7-14(18)10-16(13)19/h4-10,17,20H,3,11H2,1-2H3. The average molecular weight is 291 g/mol. The topological polar surface area (TPSA) is 21.3 Å². The van der Waals surface area contributed by atoms with Gasteiger partial charge in [-0.3, -0.25) is 0 Å². The lowest BCUT2D eigenvalue weighted by Gasteiger charge is -2.18. The molecular weight excluding hydrogens is 272 g/mol. The van der Waals surface area contributed by atoms with Crippen molar-refractivity contribution < 1.29 is 13.5 Å². The fourth-order valence-corrected chi connectivity index (χ4v) is 2.23. The predicted octanol–water partition coefficient (Wildman–Crippen LogP) is 4.21. The van der Waals surface area contributed by atoms with E-state index >= 15 is 0 Å². The van der Waals surface area contributed by atoms with Crippen LogP contribution in [-0.2, 0) is 6.54 Å². The van der Waals surface area contributed by atoms with Crippen molar-refractivity contribution in [3.63, 3.8) is 0 Å². The molecule has 4 heteroatoms. The average Bonchev–Trinajstić information content (AvgIpc) is 2.50. The molecule has 0 spiro atoms. The lowest BCUT2D eigenvalue weighted by Crippen LogP contribution is -2.20. The third kappa shape index (κ3) is 4.02. The second-order valence-electron chi connectivity index (χ2n) is 4.85. The van der Waals surface area contributed by atoms with Gasteiger partial charge in [0, 0.05) is 24.2 Å². The van der Waals surface area contributed by atoms with Crippen molar-refractivity contribution in [3.05, 3.63) is 65.2 Å². The third-order valence-electron chi connectivity index (χ3n) is 3.48. The maximum atomic E-state index is 13.6. The van der Waals surface area contributed by atoms with Gasteiger partial charge in [-0.15, -0.1) is 0 Å². The van der Waals surface area contributed by atoms with Crippen molar-refractivity contribution in [2.75, 3.05) is 7.11 Å². The van der Waals surface area contributed by atoms with Crippen molar-refractivity contribution in [1.29, 1.82) is 0 Å². The molecule has 0 bridgehead atoms. The molecule has 2 rings (SSSR count). The van der Waals surface area contributed by atoms with Gasteiger partial charge >= 0.3 is 0 Å². The minimum atomic E-state index is -0.557. The minimum Gasteiger partial charge on any atom is -0.497 e. The molecule has 0 fully saturated rings. The third-order valence-corrected chi connectivity index (χ3v) is 3.48. The Morgan fingerprint density at radius 3 is 2.38 bits per heavy atom. The number of hydrogen-bond donors (Lipinski definition) is 1. The lowest BCUT2D eigenvalue weighted by atomic mass is 10.0. The van der Waals surface area contributed by atoms with E-state index in [1.54, 1.807) is 7.11 Å². The van der Waals surface area contributed by atoms with Crippen LogP contribution in [0.25, 0.3) is 0 Å². The maximum absolute atomic E-state index is 13.6. The van der Waals surface area contributed by atoms with E-state index in [9.17, 15) is 8.78 Å². The van der Waals surface area contributed by atoms with E-state index in [-0.39, 0.29) is 6.04 Å². The SMILES string of the molecule is CCC(NCc1ccc(F)cc1F)c1ccc(OC)cc1. The molecule has 2 nitrogen and oxygen atoms in total. The summed E-state index contributed by atoms with van der Waals surface area (Å²) in [5.74, 6) is -0.274. The molecule has 0 heterocycles. The van der Waals surface area contributed by atoms with Crippen LogP contribution in [0, 0.1) is 11.6 Å². The second kappa shape index (κ2) is 7.18. The van der Waals surface area contributed by atoms with Gasteiger partial charge in [-0.25, -0.2) is 8.78 Å². The number of hydrogen-bond acceptors (Lipinski definition) is 2. The molecule has 2 aromatic carbocycles. The Hall–Kier alpha value is -1.94. The summed E-state index contributed by atoms with van der Waals surface area (Å²) in [6.07, 6.45) is 0.870. The van der Waals surface area contributed by atoms with Crippen LogP contribution in [0.2, 0.25) is 0 Å². The quantitative estimate of drug-likeness (QED) is 0.860. The molecule has 0 saturated carbocycles. The molecule has 21 heavy (non-hydrogen) atoms. The zero-order valence-electron chi connectivity index (χ0n) is 12.2. The van der Waals surface area contributed by atoms with Gasteiger partial charge in [0.05, 0.1) is 7.11 Å². The van der Waals surface area contributed by atoms with Crippen LogP contribution in [0.4, 0.5) is 8.78 Å². The van der Waals surface area contributed by atoms with E-state index in [2.05, 4.69) is 12.2 Å². The van der Waals surface area contributed by atoms with Gasteiger partial charge in [0.25, 0.3) is 0 Å². The highest BCUT2D eigenvalue weighted by molar-refractivity contribution is 5.29. The molecule has 0 aliphatic rings. The molecule has 2 aromatic rings. The summed E-state index contributed by atoms with van der Waals surface area (Å²) in [7, 11) is 1.63. The molecule has 0 aliphatic carbocycles. The zero-order valence-corrected chi connectivity index (χ0v) is 12.2. The van der Waals surface area contributed by atoms with Crippen molar-refractivity contribution in [2.45, 2.75) is 25.9 Å². The van der Waals surface area contributed by atoms with E-state index in [1.165, 1.54) is 12.1 Å². The lowest BCUT2D eigenvalue weighted by molar-refractivity contribution is 0.414. The van der Waals surface area contributed by atoms with Crippen LogP contribution < -0.4 is 10.1 Å². The summed E-state index contributed by atoms with van der Waals surface area (Å²) in [4.78, 5) is 0. The Labute approximate surface area is 123 Å². The highest BCUT2D eigenvalue weighted by Gasteiger charge is 2.10. The van der Waals surface area contributed by atoms with Crippen LogP contribution >= 0.6 is 0 Å². The summed E-state index contributed by atoms with van der Waals surface area (Å²) < 4.78 is 31.6. The van der Waals surface area contributed by atoms with Crippen molar-refractivity contribution >= 4 is 0 Å². The van der Waals surface area contributed by atoms with Gasteiger partial charge < -0.3 is 10.1 Å². The molecule has 1 atom stereocenters. The first kappa shape index (κ1) is 15.4. The molecule has 0 saturated heterocycles. The maximum Gasteiger partial charge on any atom is 0.130 e. The summed E-state index contributed by atoms with van der Waals surface area (Å²) in [6, 6.07) is 11.5. The Bertz CT molecular complexity index is 584. The van der Waals surface area contributed by atoms with Crippen LogP contribution in [0.3, 0.4) is 0 Å². The number of ether oxygens (including phenoxy) is 1. The van der Waals surface area contributed by atoms with Crippen LogP contribution in [0.1, 0.15) is 30.5 Å². The molecule has 0 aliphatic heterocycles. The molecule has 0 amide bonds. The van der Waals surface area contributed by atoms with Crippen molar-refractivity contribution in [3.8, 4) is 5.75 Å². The Morgan fingerprint density at radius 2 is 1.81 bits per heavy atom. The van der Waals surface area contributed by atoms with E-state index in [4.69, 9.17) is 4.74 Å². The van der Waals surface area contributed by atoms with Gasteiger partial charge in [0.1, 0.15) is 17.4 Å². The van der Waals surface area contributed by atoms with Crippen molar-refractivity contribution in [2.24, 2.45) is 0 Å². The van der Waals surface area contributed by atoms with Gasteiger partial charge in [-0.2, -0.15) is 0 Å². The molecular formula is C17H19F2NO. The smallest absolute Gasteiger partial charge is 0.130 e. The largest absolute Gasteiger partial charge is 0.497 e. The molecule has 0 radical (unpaired) electrons. The first-order chi connectivity index (χ1) is 10.1. The van der Waals surface area contributed by atoms with Crippen LogP contribution in [0.5, 0.6) is 5.75 Å². The van der Waals surface area contributed by atoms with Gasteiger partial charge in [0.15, 0.2) is 0 Å². The van der Waals surface area contributed by atoms with E-state index in [0.29, 0.717) is 12.1 Å². The van der Waals surface area contributed by atoms with Crippen LogP contribution in [0.15, 0.2) is 42.5 Å². The Morgan fingerprint density at radius 1 is 1.10 bits per heavy atom. The number of benzene rings is 2. The second-order valence-corrected chi connectivity index (χ2v) is 4.85. The molecule has 0 aromatic heterocycles. The summed E-state index contributed by atoms with van der Waals surface area (Å²) in [5.41, 5.74) is 1.57. The fourth-order valence-electron chi connectivity index (χ4n) is 2.23. The molecule has 1 N–H and O–H groups in total. The fraction of sp³-hybridized carbons (Fsp3) is 0.294. The van der Waals surface area contributed by atoms with E-state index < -0.39 is 11.6 Å². The Balaban J connectivity index is 2.04. The summed E-state index contributed by atoms with van der Waals surface area (Å²) in [5, 5.41) is 3.30. The van der Waals surface area contributed by atoms with Crippen LogP contribution in [-0.4, -0.2) is 7.11 Å². The van der Waals surface area contributed by atoms with Gasteiger partial charge in [-0.1, -0.05) is 25.1 Å². The predicted molar refractivity (Wildman–Crippen MR) is 79.2 cm³/mol. The normalized spacial score (nSPS) is 12.2. The van der Waals surface area contributed by atoms with Gasteiger partial charge in [0.2, 0.25) is 0 Å². The van der Waals surface area contributed by atoms with E-state index in [1.807, 2.05) is 24.3 Å². The zero-order chi connectivity index (χ0) is 15.2. The van der Waals surface area contributed by atoms with E-state index in [0.717, 1.165) is 23.8 Å². The number of nitrogens with one attached hydrogen (secondary N) is 1. The number of rotatable bonds is 6. The monoisotopic (exact) mass is 291 g/mol. The molecule has 1 unspecified atom stereocenters. The first-order valence-electron chi connectivity index (χ1n) is 6.95. The number of halogens is 2. The minimum absolute atomic E-state index is 0.111. The summed E-state index contributed by atoms with van der Waals surface area (Å²) >= 11 is 0. The highest BCUT2D eigenvalue weighted by atomic mass is 19.1. The van der Waals surface area contributed by atoms with Crippen molar-refractivity contribution in [1.82, 2.24) is 5.32 Å². The first-order valence-corrected chi connectivity index (χ1v) is 6.95.